The average molecular weight is 340 g/mol. The maximum Gasteiger partial charge on any atom is 0.236 e. The zero-order valence-electron chi connectivity index (χ0n) is 14.5. The summed E-state index contributed by atoms with van der Waals surface area (Å²) in [6.07, 6.45) is 3.51. The molecule has 23 heavy (non-hydrogen) atoms. The molecule has 0 bridgehead atoms. The Labute approximate surface area is 146 Å². The molecule has 1 unspecified atom stereocenters. The van der Waals surface area contributed by atoms with Gasteiger partial charge in [0.2, 0.25) is 5.91 Å². The molecule has 0 spiro atoms. The second-order valence-electron chi connectivity index (χ2n) is 6.43. The number of benzene rings is 1. The highest BCUT2D eigenvalue weighted by Crippen LogP contribution is 2.13. The van der Waals surface area contributed by atoms with Gasteiger partial charge in [0.15, 0.2) is 0 Å². The van der Waals surface area contributed by atoms with Crippen LogP contribution in [0.15, 0.2) is 24.3 Å². The first-order valence-electron chi connectivity index (χ1n) is 8.27. The molecule has 0 aromatic heterocycles. The van der Waals surface area contributed by atoms with Gasteiger partial charge in [-0.3, -0.25) is 9.69 Å². The molecular formula is C18H30ClN3O. The lowest BCUT2D eigenvalue weighted by Crippen LogP contribution is -2.41. The molecule has 0 aliphatic carbocycles. The number of nitrogens with one attached hydrogen (secondary N) is 1. The van der Waals surface area contributed by atoms with E-state index in [1.165, 1.54) is 24.0 Å². The lowest BCUT2D eigenvalue weighted by Gasteiger charge is -2.28. The number of aryl methyl sites for hydroxylation is 1. The van der Waals surface area contributed by atoms with Crippen molar-refractivity contribution in [3.63, 3.8) is 0 Å². The number of rotatable bonds is 5. The molecule has 1 aliphatic rings. The fourth-order valence-corrected chi connectivity index (χ4v) is 3.04. The number of likely N-dealkylation sites (N-methyl/N-ethyl adjacent to an activating group) is 2. The van der Waals surface area contributed by atoms with E-state index in [-0.39, 0.29) is 18.3 Å². The zero-order valence-corrected chi connectivity index (χ0v) is 15.4. The van der Waals surface area contributed by atoms with Crippen molar-refractivity contribution >= 4 is 18.3 Å². The molecule has 4 nitrogen and oxygen atoms in total. The summed E-state index contributed by atoms with van der Waals surface area (Å²) in [5.41, 5.74) is 2.46. The molecule has 0 saturated carbocycles. The fraction of sp³-hybridized carbons (Fsp3) is 0.611. The van der Waals surface area contributed by atoms with Crippen LogP contribution in [0.1, 0.15) is 30.4 Å². The Morgan fingerprint density at radius 1 is 1.22 bits per heavy atom. The summed E-state index contributed by atoms with van der Waals surface area (Å²) in [5.74, 6) is 0.197. The molecule has 1 aliphatic heterocycles. The van der Waals surface area contributed by atoms with Crippen LogP contribution in [-0.2, 0) is 11.3 Å². The van der Waals surface area contributed by atoms with E-state index in [9.17, 15) is 4.79 Å². The molecule has 1 amide bonds. The highest BCUT2D eigenvalue weighted by atomic mass is 35.5. The number of hydrogen-bond acceptors (Lipinski definition) is 3. The second-order valence-corrected chi connectivity index (χ2v) is 6.43. The monoisotopic (exact) mass is 339 g/mol. The van der Waals surface area contributed by atoms with Gasteiger partial charge >= 0.3 is 0 Å². The lowest BCUT2D eigenvalue weighted by atomic mass is 10.1. The maximum absolute atomic E-state index is 12.5. The van der Waals surface area contributed by atoms with Gasteiger partial charge in [-0.05, 0) is 57.5 Å². The summed E-state index contributed by atoms with van der Waals surface area (Å²) in [6, 6.07) is 8.78. The summed E-state index contributed by atoms with van der Waals surface area (Å²) in [7, 11) is 3.98. The molecule has 1 saturated heterocycles. The Morgan fingerprint density at radius 3 is 2.70 bits per heavy atom. The fourth-order valence-electron chi connectivity index (χ4n) is 3.04. The molecule has 2 rings (SSSR count). The molecule has 1 heterocycles. The maximum atomic E-state index is 12.5. The summed E-state index contributed by atoms with van der Waals surface area (Å²) < 4.78 is 0. The molecule has 1 atom stereocenters. The van der Waals surface area contributed by atoms with E-state index >= 15 is 0 Å². The van der Waals surface area contributed by atoms with Crippen LogP contribution in [0, 0.1) is 6.92 Å². The number of amides is 1. The predicted molar refractivity (Wildman–Crippen MR) is 98.0 cm³/mol. The highest BCUT2D eigenvalue weighted by Gasteiger charge is 2.20. The van der Waals surface area contributed by atoms with Gasteiger partial charge in [0, 0.05) is 19.6 Å². The smallest absolute Gasteiger partial charge is 0.236 e. The van der Waals surface area contributed by atoms with E-state index in [1.54, 1.807) is 0 Å². The van der Waals surface area contributed by atoms with Crippen LogP contribution in [0.5, 0.6) is 0 Å². The third-order valence-electron chi connectivity index (χ3n) is 4.65. The van der Waals surface area contributed by atoms with E-state index in [0.717, 1.165) is 19.5 Å². The van der Waals surface area contributed by atoms with Crippen molar-refractivity contribution in [3.05, 3.63) is 35.4 Å². The predicted octanol–water partition coefficient (Wildman–Crippen LogP) is 2.45. The third kappa shape index (κ3) is 6.13. The van der Waals surface area contributed by atoms with Crippen molar-refractivity contribution < 1.29 is 4.79 Å². The van der Waals surface area contributed by atoms with Crippen LogP contribution < -0.4 is 5.32 Å². The van der Waals surface area contributed by atoms with Gasteiger partial charge < -0.3 is 10.2 Å². The van der Waals surface area contributed by atoms with Crippen molar-refractivity contribution in [1.29, 1.82) is 0 Å². The number of carbonyl (C=O) groups excluding carboxylic acids is 1. The Bertz CT molecular complexity index is 487. The van der Waals surface area contributed by atoms with E-state index in [0.29, 0.717) is 19.1 Å². The second kappa shape index (κ2) is 9.91. The molecule has 1 aromatic carbocycles. The van der Waals surface area contributed by atoms with Gasteiger partial charge in [0.25, 0.3) is 0 Å². The van der Waals surface area contributed by atoms with Crippen molar-refractivity contribution in [1.82, 2.24) is 15.1 Å². The van der Waals surface area contributed by atoms with Gasteiger partial charge in [-0.25, -0.2) is 0 Å². The molecule has 1 N–H and O–H groups in total. The van der Waals surface area contributed by atoms with Crippen molar-refractivity contribution in [3.8, 4) is 0 Å². The van der Waals surface area contributed by atoms with Crippen molar-refractivity contribution in [2.45, 2.75) is 38.8 Å². The van der Waals surface area contributed by atoms with Crippen molar-refractivity contribution in [2.24, 2.45) is 0 Å². The number of halogens is 1. The first-order valence-corrected chi connectivity index (χ1v) is 8.27. The lowest BCUT2D eigenvalue weighted by molar-refractivity contribution is -0.131. The summed E-state index contributed by atoms with van der Waals surface area (Å²) >= 11 is 0. The molecule has 5 heteroatoms. The minimum Gasteiger partial charge on any atom is -0.340 e. The Hall–Kier alpha value is -1.10. The largest absolute Gasteiger partial charge is 0.340 e. The normalized spacial score (nSPS) is 18.2. The SMILES string of the molecule is Cc1ccccc1CN(C)C(=O)CN(C)C1CCCNCC1.Cl. The minimum absolute atomic E-state index is 0. The molecule has 0 radical (unpaired) electrons. The molecule has 130 valence electrons. The summed E-state index contributed by atoms with van der Waals surface area (Å²) in [4.78, 5) is 16.5. The first kappa shape index (κ1) is 19.9. The van der Waals surface area contributed by atoms with Gasteiger partial charge in [0.1, 0.15) is 0 Å². The average Bonchev–Trinajstić information content (AvgIpc) is 2.78. The van der Waals surface area contributed by atoms with E-state index in [1.807, 2.05) is 24.1 Å². The van der Waals surface area contributed by atoms with Crippen LogP contribution in [0.2, 0.25) is 0 Å². The van der Waals surface area contributed by atoms with E-state index < -0.39 is 0 Å². The summed E-state index contributed by atoms with van der Waals surface area (Å²) in [5, 5.41) is 3.43. The van der Waals surface area contributed by atoms with Crippen LogP contribution in [0.4, 0.5) is 0 Å². The van der Waals surface area contributed by atoms with Crippen molar-refractivity contribution in [2.75, 3.05) is 33.7 Å². The van der Waals surface area contributed by atoms with Gasteiger partial charge in [-0.15, -0.1) is 12.4 Å². The van der Waals surface area contributed by atoms with E-state index in [4.69, 9.17) is 0 Å². The number of carbonyl (C=O) groups is 1. The van der Waals surface area contributed by atoms with Gasteiger partial charge in [0.05, 0.1) is 6.54 Å². The van der Waals surface area contributed by atoms with Gasteiger partial charge in [-0.1, -0.05) is 24.3 Å². The first-order chi connectivity index (χ1) is 10.6. The molecule has 1 fully saturated rings. The Morgan fingerprint density at radius 2 is 1.96 bits per heavy atom. The number of nitrogens with zero attached hydrogens (tertiary/aromatic N) is 2. The van der Waals surface area contributed by atoms with E-state index in [2.05, 4.69) is 36.3 Å². The standard InChI is InChI=1S/C18H29N3O.ClH/c1-15-7-4-5-8-16(15)13-21(3)18(22)14-20(2)17-9-6-11-19-12-10-17;/h4-5,7-8,17,19H,6,9-14H2,1-3H3;1H. The minimum atomic E-state index is 0. The molecular weight excluding hydrogens is 310 g/mol. The topological polar surface area (TPSA) is 35.6 Å². The third-order valence-corrected chi connectivity index (χ3v) is 4.65. The van der Waals surface area contributed by atoms with Crippen LogP contribution in [0.3, 0.4) is 0 Å². The highest BCUT2D eigenvalue weighted by molar-refractivity contribution is 5.85. The Balaban J connectivity index is 0.00000264. The molecule has 1 aromatic rings. The van der Waals surface area contributed by atoms with Crippen LogP contribution >= 0.6 is 12.4 Å². The Kier molecular flexibility index (Phi) is 8.59. The van der Waals surface area contributed by atoms with Gasteiger partial charge in [-0.2, -0.15) is 0 Å². The summed E-state index contributed by atoms with van der Waals surface area (Å²) in [6.45, 7) is 5.45. The zero-order chi connectivity index (χ0) is 15.9. The van der Waals surface area contributed by atoms with Crippen LogP contribution in [-0.4, -0.2) is 55.5 Å². The quantitative estimate of drug-likeness (QED) is 0.895. The van der Waals surface area contributed by atoms with Crippen LogP contribution in [0.25, 0.3) is 0 Å². The number of hydrogen-bond donors (Lipinski definition) is 1.